The van der Waals surface area contributed by atoms with Gasteiger partial charge in [-0.05, 0) is 36.2 Å². The lowest BCUT2D eigenvalue weighted by atomic mass is 10.1. The Hall–Kier alpha value is -2.64. The van der Waals surface area contributed by atoms with Crippen LogP contribution in [0.25, 0.3) is 22.8 Å². The van der Waals surface area contributed by atoms with Crippen molar-refractivity contribution in [1.29, 1.82) is 0 Å². The normalized spacial score (nSPS) is 11.0. The van der Waals surface area contributed by atoms with E-state index in [1.165, 1.54) is 17.3 Å². The van der Waals surface area contributed by atoms with E-state index in [9.17, 15) is 0 Å². The third kappa shape index (κ3) is 4.20. The molecule has 8 heteroatoms. The third-order valence-electron chi connectivity index (χ3n) is 3.98. The van der Waals surface area contributed by atoms with E-state index >= 15 is 0 Å². The Morgan fingerprint density at radius 3 is 2.48 bits per heavy atom. The fourth-order valence-electron chi connectivity index (χ4n) is 2.49. The van der Waals surface area contributed by atoms with Gasteiger partial charge in [-0.3, -0.25) is 5.10 Å². The fraction of sp³-hybridized carbons (Fsp3) is 0.158. The molecule has 0 aliphatic heterocycles. The van der Waals surface area contributed by atoms with Crippen molar-refractivity contribution >= 4 is 23.4 Å². The second-order valence-corrected chi connectivity index (χ2v) is 7.19. The molecule has 1 N–H and O–H groups in total. The second kappa shape index (κ2) is 7.94. The van der Waals surface area contributed by atoms with Crippen molar-refractivity contribution in [3.05, 3.63) is 65.0 Å². The molecule has 2 aromatic carbocycles. The van der Waals surface area contributed by atoms with E-state index < -0.39 is 0 Å². The maximum Gasteiger partial charge on any atom is 0.247 e. The minimum Gasteiger partial charge on any atom is -0.420 e. The highest BCUT2D eigenvalue weighted by atomic mass is 35.5. The number of thioether (sulfide) groups is 1. The molecule has 0 bridgehead atoms. The predicted molar refractivity (Wildman–Crippen MR) is 106 cm³/mol. The average molecular weight is 398 g/mol. The van der Waals surface area contributed by atoms with Gasteiger partial charge in [0.2, 0.25) is 16.9 Å². The largest absolute Gasteiger partial charge is 0.420 e. The summed E-state index contributed by atoms with van der Waals surface area (Å²) in [5.74, 6) is 2.22. The van der Waals surface area contributed by atoms with Gasteiger partial charge in [0.25, 0.3) is 0 Å². The van der Waals surface area contributed by atoms with E-state index in [4.69, 9.17) is 16.0 Å². The van der Waals surface area contributed by atoms with Gasteiger partial charge in [0.15, 0.2) is 5.82 Å². The topological polar surface area (TPSA) is 80.5 Å². The first kappa shape index (κ1) is 17.8. The summed E-state index contributed by atoms with van der Waals surface area (Å²) < 4.78 is 5.70. The lowest BCUT2D eigenvalue weighted by Crippen LogP contribution is -1.84. The Bertz CT molecular complexity index is 1030. The number of aryl methyl sites for hydroxylation is 1. The van der Waals surface area contributed by atoms with Crippen LogP contribution >= 0.6 is 23.4 Å². The van der Waals surface area contributed by atoms with Crippen molar-refractivity contribution in [1.82, 2.24) is 25.4 Å². The quantitative estimate of drug-likeness (QED) is 0.459. The van der Waals surface area contributed by atoms with E-state index in [0.29, 0.717) is 27.7 Å². The molecular formula is C19H16ClN5OS. The van der Waals surface area contributed by atoms with Crippen molar-refractivity contribution < 1.29 is 4.42 Å². The van der Waals surface area contributed by atoms with Gasteiger partial charge in [-0.1, -0.05) is 54.6 Å². The summed E-state index contributed by atoms with van der Waals surface area (Å²) in [6.45, 7) is 2.13. The highest BCUT2D eigenvalue weighted by Crippen LogP contribution is 2.25. The summed E-state index contributed by atoms with van der Waals surface area (Å²) in [4.78, 5) is 4.52. The van der Waals surface area contributed by atoms with E-state index in [-0.39, 0.29) is 0 Å². The Kier molecular flexibility index (Phi) is 5.22. The van der Waals surface area contributed by atoms with Crippen LogP contribution in [0, 0.1) is 0 Å². The summed E-state index contributed by atoms with van der Waals surface area (Å²) in [7, 11) is 0. The van der Waals surface area contributed by atoms with Gasteiger partial charge in [0, 0.05) is 16.1 Å². The molecule has 0 aliphatic carbocycles. The van der Waals surface area contributed by atoms with E-state index in [1.54, 1.807) is 12.1 Å². The first-order valence-electron chi connectivity index (χ1n) is 8.44. The third-order valence-corrected chi connectivity index (χ3v) is 5.07. The van der Waals surface area contributed by atoms with Crippen molar-refractivity contribution in [3.63, 3.8) is 0 Å². The van der Waals surface area contributed by atoms with Gasteiger partial charge in [0.05, 0.1) is 5.75 Å². The molecule has 0 unspecified atom stereocenters. The molecule has 0 aliphatic rings. The molecule has 0 saturated heterocycles. The number of halogens is 1. The van der Waals surface area contributed by atoms with E-state index in [1.807, 2.05) is 24.3 Å². The van der Waals surface area contributed by atoms with Crippen LogP contribution in [-0.4, -0.2) is 25.4 Å². The van der Waals surface area contributed by atoms with Gasteiger partial charge in [0.1, 0.15) is 0 Å². The molecule has 0 spiro atoms. The number of benzene rings is 2. The van der Waals surface area contributed by atoms with Crippen LogP contribution in [0.4, 0.5) is 0 Å². The first-order valence-corrected chi connectivity index (χ1v) is 9.80. The molecule has 2 aromatic heterocycles. The molecule has 2 heterocycles. The number of nitrogens with zero attached hydrogens (tertiary/aromatic N) is 4. The van der Waals surface area contributed by atoms with Gasteiger partial charge in [-0.25, -0.2) is 4.98 Å². The lowest BCUT2D eigenvalue weighted by molar-refractivity contribution is 0.528. The van der Waals surface area contributed by atoms with Gasteiger partial charge in [-0.2, -0.15) is 0 Å². The molecule has 4 aromatic rings. The Morgan fingerprint density at radius 1 is 1.00 bits per heavy atom. The van der Waals surface area contributed by atoms with Crippen LogP contribution in [0.2, 0.25) is 5.02 Å². The van der Waals surface area contributed by atoms with Crippen LogP contribution in [0.5, 0.6) is 0 Å². The van der Waals surface area contributed by atoms with Gasteiger partial charge < -0.3 is 4.42 Å². The highest BCUT2D eigenvalue weighted by molar-refractivity contribution is 7.98. The Labute approximate surface area is 165 Å². The predicted octanol–water partition coefficient (Wildman–Crippen LogP) is 5.03. The summed E-state index contributed by atoms with van der Waals surface area (Å²) in [6.07, 6.45) is 1.01. The molecule has 136 valence electrons. The van der Waals surface area contributed by atoms with Crippen LogP contribution in [0.15, 0.2) is 58.1 Å². The van der Waals surface area contributed by atoms with Crippen molar-refractivity contribution in [2.45, 2.75) is 24.3 Å². The molecule has 0 atom stereocenters. The van der Waals surface area contributed by atoms with Gasteiger partial charge >= 0.3 is 0 Å². The van der Waals surface area contributed by atoms with Crippen LogP contribution < -0.4 is 0 Å². The first-order chi connectivity index (χ1) is 13.2. The highest BCUT2D eigenvalue weighted by Gasteiger charge is 2.11. The maximum atomic E-state index is 5.90. The molecule has 0 radical (unpaired) electrons. The van der Waals surface area contributed by atoms with E-state index in [2.05, 4.69) is 44.4 Å². The molecule has 0 saturated carbocycles. The summed E-state index contributed by atoms with van der Waals surface area (Å²) in [6, 6.07) is 15.6. The number of nitrogens with one attached hydrogen (secondary N) is 1. The number of aromatic nitrogens is 5. The molecule has 0 fully saturated rings. The van der Waals surface area contributed by atoms with Crippen LogP contribution in [0.3, 0.4) is 0 Å². The molecule has 27 heavy (non-hydrogen) atoms. The Morgan fingerprint density at radius 2 is 1.74 bits per heavy atom. The molecular weight excluding hydrogens is 382 g/mol. The average Bonchev–Trinajstić information content (AvgIpc) is 3.37. The molecule has 0 amide bonds. The zero-order chi connectivity index (χ0) is 18.6. The SMILES string of the molecule is CCc1ccc(-c2nc(SCc3nnc(-c4ccc(Cl)cc4)o3)n[nH]2)cc1. The van der Waals surface area contributed by atoms with Gasteiger partial charge in [-0.15, -0.1) is 15.3 Å². The van der Waals surface area contributed by atoms with E-state index in [0.717, 1.165) is 23.4 Å². The van der Waals surface area contributed by atoms with Crippen molar-refractivity contribution in [3.8, 4) is 22.8 Å². The number of H-pyrrole nitrogens is 1. The van der Waals surface area contributed by atoms with Crippen molar-refractivity contribution in [2.24, 2.45) is 0 Å². The summed E-state index contributed by atoms with van der Waals surface area (Å²) in [5, 5.41) is 16.7. The second-order valence-electron chi connectivity index (χ2n) is 5.81. The summed E-state index contributed by atoms with van der Waals surface area (Å²) >= 11 is 7.33. The smallest absolute Gasteiger partial charge is 0.247 e. The zero-order valence-corrected chi connectivity index (χ0v) is 16.1. The minimum absolute atomic E-state index is 0.467. The summed E-state index contributed by atoms with van der Waals surface area (Å²) in [5.41, 5.74) is 3.13. The molecule has 4 rings (SSSR count). The number of hydrogen-bond donors (Lipinski definition) is 1. The maximum absolute atomic E-state index is 5.90. The Balaban J connectivity index is 1.40. The fourth-order valence-corrected chi connectivity index (χ4v) is 3.25. The van der Waals surface area contributed by atoms with Crippen LogP contribution in [-0.2, 0) is 12.2 Å². The number of hydrogen-bond acceptors (Lipinski definition) is 6. The minimum atomic E-state index is 0.467. The number of rotatable bonds is 6. The zero-order valence-electron chi connectivity index (χ0n) is 14.5. The monoisotopic (exact) mass is 397 g/mol. The van der Waals surface area contributed by atoms with Crippen molar-refractivity contribution in [2.75, 3.05) is 0 Å². The lowest BCUT2D eigenvalue weighted by Gasteiger charge is -1.98. The standard InChI is InChI=1S/C19H16ClN5OS/c1-2-12-3-5-13(6-4-12)17-21-19(25-23-17)27-11-16-22-24-18(26-16)14-7-9-15(20)10-8-14/h3-10H,2,11H2,1H3,(H,21,23,25). The molecule has 6 nitrogen and oxygen atoms in total. The van der Waals surface area contributed by atoms with Crippen LogP contribution in [0.1, 0.15) is 18.4 Å². The number of aromatic amines is 1.